The summed E-state index contributed by atoms with van der Waals surface area (Å²) >= 11 is 19.9. The van der Waals surface area contributed by atoms with Gasteiger partial charge in [0.25, 0.3) is 0 Å². The highest BCUT2D eigenvalue weighted by Crippen LogP contribution is 2.57. The number of aliphatic hydroxyl groups excluding tert-OH is 2. The van der Waals surface area contributed by atoms with Crippen molar-refractivity contribution in [3.8, 4) is 0 Å². The molecule has 4 fully saturated rings. The second-order valence-corrected chi connectivity index (χ2v) is 12.5. The Balaban J connectivity index is 0.000000151. The average molecular weight is 535 g/mol. The van der Waals surface area contributed by atoms with Gasteiger partial charge in [-0.3, -0.25) is 0 Å². The maximum absolute atomic E-state index is 9.67. The summed E-state index contributed by atoms with van der Waals surface area (Å²) < 4.78 is 0. The minimum atomic E-state index is -0.0873. The smallest absolute Gasteiger partial charge is 0.0546 e. The molecule has 8 atom stereocenters. The van der Waals surface area contributed by atoms with E-state index in [1.165, 1.54) is 12.8 Å². The molecule has 0 aliphatic heterocycles. The van der Waals surface area contributed by atoms with Gasteiger partial charge in [0, 0.05) is 20.4 Å². The van der Waals surface area contributed by atoms with Crippen LogP contribution in [0.25, 0.3) is 0 Å². The normalized spacial score (nSPS) is 51.5. The first-order chi connectivity index (χ1) is 12.3. The highest BCUT2D eigenvalue weighted by Gasteiger charge is 2.53. The Bertz CT molecular complexity index is 473. The molecule has 0 aromatic rings. The summed E-state index contributed by atoms with van der Waals surface area (Å²) in [6.07, 6.45) is 12.7. The molecule has 0 heterocycles. The van der Waals surface area contributed by atoms with Crippen LogP contribution in [-0.2, 0) is 0 Å². The molecular formula is C20H32Br2Cl2O2. The van der Waals surface area contributed by atoms with Crippen molar-refractivity contribution in [2.75, 3.05) is 0 Å². The summed E-state index contributed by atoms with van der Waals surface area (Å²) in [4.78, 5) is 1.12. The summed E-state index contributed by atoms with van der Waals surface area (Å²) in [7, 11) is 0. The monoisotopic (exact) mass is 532 g/mol. The number of alkyl halides is 4. The Morgan fingerprint density at radius 2 is 1.46 bits per heavy atom. The molecule has 0 bridgehead atoms. The number of rotatable bonds is 0. The van der Waals surface area contributed by atoms with Crippen LogP contribution < -0.4 is 0 Å². The first kappa shape index (κ1) is 22.2. The molecule has 2 spiro atoms. The summed E-state index contributed by atoms with van der Waals surface area (Å²) in [5.74, 6) is 0. The molecule has 0 aromatic heterocycles. The van der Waals surface area contributed by atoms with Crippen LogP contribution in [0, 0.1) is 10.8 Å². The quantitative estimate of drug-likeness (QED) is 0.366. The molecule has 6 heteroatoms. The van der Waals surface area contributed by atoms with Crippen LogP contribution in [-0.4, -0.2) is 42.8 Å². The fourth-order valence-electron chi connectivity index (χ4n) is 5.64. The zero-order chi connectivity index (χ0) is 18.9. The molecule has 4 rings (SSSR count). The topological polar surface area (TPSA) is 40.5 Å². The van der Waals surface area contributed by atoms with Crippen molar-refractivity contribution in [1.82, 2.24) is 0 Å². The van der Waals surface area contributed by atoms with Gasteiger partial charge in [-0.15, -0.1) is 23.2 Å². The number of aliphatic hydroxyl groups is 2. The Morgan fingerprint density at radius 1 is 0.769 bits per heavy atom. The van der Waals surface area contributed by atoms with Crippen LogP contribution in [0.15, 0.2) is 0 Å². The minimum absolute atomic E-state index is 0.0801. The van der Waals surface area contributed by atoms with Crippen molar-refractivity contribution in [2.45, 2.75) is 110 Å². The van der Waals surface area contributed by atoms with E-state index in [2.05, 4.69) is 31.9 Å². The molecule has 0 saturated heterocycles. The molecule has 4 aliphatic carbocycles. The second-order valence-electron chi connectivity index (χ2n) is 9.11. The molecular weight excluding hydrogens is 503 g/mol. The lowest BCUT2D eigenvalue weighted by Gasteiger charge is -2.51. The number of hydrogen-bond donors (Lipinski definition) is 2. The lowest BCUT2D eigenvalue weighted by Crippen LogP contribution is -2.51. The zero-order valence-electron chi connectivity index (χ0n) is 15.4. The standard InChI is InChI=1S/2C10H16BrClO/c11-8-6-9(12)10(8)4-1-2-7(13)3-5-10;11-9-4-7(12)5-10(9)3-1-2-8(13)6-10/h2*7-9,13H,1-6H2. The van der Waals surface area contributed by atoms with E-state index in [0.29, 0.717) is 31.2 Å². The lowest BCUT2D eigenvalue weighted by molar-refractivity contribution is 0.0539. The van der Waals surface area contributed by atoms with Gasteiger partial charge in [-0.2, -0.15) is 0 Å². The molecule has 4 aliphatic rings. The van der Waals surface area contributed by atoms with E-state index in [1.54, 1.807) is 0 Å². The van der Waals surface area contributed by atoms with E-state index in [1.807, 2.05) is 0 Å². The number of hydrogen-bond acceptors (Lipinski definition) is 2. The lowest BCUT2D eigenvalue weighted by atomic mass is 9.63. The zero-order valence-corrected chi connectivity index (χ0v) is 20.0. The van der Waals surface area contributed by atoms with E-state index < -0.39 is 0 Å². The van der Waals surface area contributed by atoms with Crippen molar-refractivity contribution >= 4 is 55.1 Å². The Hall–Kier alpha value is 1.46. The SMILES string of the molecule is OC1CCCC2(C1)CC(Cl)CC2Br.OC1CCCC2(CC1)C(Cl)CC2Br. The third-order valence-corrected chi connectivity index (χ3v) is 11.0. The van der Waals surface area contributed by atoms with Crippen LogP contribution in [0.2, 0.25) is 0 Å². The van der Waals surface area contributed by atoms with Gasteiger partial charge >= 0.3 is 0 Å². The van der Waals surface area contributed by atoms with Crippen LogP contribution in [0.5, 0.6) is 0 Å². The first-order valence-electron chi connectivity index (χ1n) is 10.2. The Morgan fingerprint density at radius 3 is 2.04 bits per heavy atom. The summed E-state index contributed by atoms with van der Waals surface area (Å²) in [6, 6.07) is 0. The summed E-state index contributed by atoms with van der Waals surface area (Å²) in [6.45, 7) is 0. The Kier molecular flexibility index (Phi) is 7.74. The van der Waals surface area contributed by atoms with Crippen molar-refractivity contribution < 1.29 is 10.2 Å². The summed E-state index contributed by atoms with van der Waals surface area (Å²) in [5.41, 5.74) is 0.614. The van der Waals surface area contributed by atoms with E-state index in [0.717, 1.165) is 64.2 Å². The largest absolute Gasteiger partial charge is 0.393 e. The average Bonchev–Trinajstić information content (AvgIpc) is 2.74. The first-order valence-corrected chi connectivity index (χ1v) is 12.9. The van der Waals surface area contributed by atoms with E-state index in [4.69, 9.17) is 23.2 Å². The van der Waals surface area contributed by atoms with Crippen molar-refractivity contribution in [2.24, 2.45) is 10.8 Å². The van der Waals surface area contributed by atoms with Gasteiger partial charge in [0.2, 0.25) is 0 Å². The minimum Gasteiger partial charge on any atom is -0.393 e. The van der Waals surface area contributed by atoms with Crippen molar-refractivity contribution in [3.05, 3.63) is 0 Å². The second kappa shape index (κ2) is 9.08. The molecule has 2 N–H and O–H groups in total. The van der Waals surface area contributed by atoms with Gasteiger partial charge in [-0.25, -0.2) is 0 Å². The van der Waals surface area contributed by atoms with Gasteiger partial charge in [-0.05, 0) is 75.0 Å². The fraction of sp³-hybridized carbons (Fsp3) is 1.00. The fourth-order valence-corrected chi connectivity index (χ4v) is 9.47. The molecule has 2 nitrogen and oxygen atoms in total. The maximum Gasteiger partial charge on any atom is 0.0546 e. The molecule has 26 heavy (non-hydrogen) atoms. The highest BCUT2D eigenvalue weighted by atomic mass is 79.9. The van der Waals surface area contributed by atoms with Crippen LogP contribution in [0.1, 0.15) is 77.0 Å². The molecule has 4 saturated carbocycles. The molecule has 0 radical (unpaired) electrons. The van der Waals surface area contributed by atoms with E-state index in [-0.39, 0.29) is 12.2 Å². The highest BCUT2D eigenvalue weighted by molar-refractivity contribution is 9.09. The maximum atomic E-state index is 9.67. The van der Waals surface area contributed by atoms with E-state index >= 15 is 0 Å². The van der Waals surface area contributed by atoms with E-state index in [9.17, 15) is 10.2 Å². The van der Waals surface area contributed by atoms with Crippen LogP contribution in [0.4, 0.5) is 0 Å². The molecule has 0 amide bonds. The Labute approximate surface area is 185 Å². The van der Waals surface area contributed by atoms with Crippen molar-refractivity contribution in [3.63, 3.8) is 0 Å². The third kappa shape index (κ3) is 4.61. The van der Waals surface area contributed by atoms with Crippen molar-refractivity contribution in [1.29, 1.82) is 0 Å². The predicted molar refractivity (Wildman–Crippen MR) is 117 cm³/mol. The molecule has 8 unspecified atom stereocenters. The van der Waals surface area contributed by atoms with Gasteiger partial charge < -0.3 is 10.2 Å². The predicted octanol–water partition coefficient (Wildman–Crippen LogP) is 6.14. The molecule has 0 aromatic carbocycles. The summed E-state index contributed by atoms with van der Waals surface area (Å²) in [5, 5.41) is 19.9. The third-order valence-electron chi connectivity index (χ3n) is 7.39. The number of halogens is 4. The van der Waals surface area contributed by atoms with Gasteiger partial charge in [0.05, 0.1) is 12.2 Å². The van der Waals surface area contributed by atoms with Crippen LogP contribution >= 0.6 is 55.1 Å². The van der Waals surface area contributed by atoms with Crippen LogP contribution in [0.3, 0.4) is 0 Å². The van der Waals surface area contributed by atoms with Gasteiger partial charge in [0.1, 0.15) is 0 Å². The van der Waals surface area contributed by atoms with Gasteiger partial charge in [-0.1, -0.05) is 44.7 Å². The van der Waals surface area contributed by atoms with Gasteiger partial charge in [0.15, 0.2) is 0 Å². The molecule has 152 valence electrons.